The number of halogens is 1. The number of amides is 3. The van der Waals surface area contributed by atoms with Gasteiger partial charge in [0.1, 0.15) is 5.82 Å². The topological polar surface area (TPSA) is 73.0 Å². The SMILES string of the molecule is O=C(CN1CCN(C(=O)CN2CCCC2=O)CC1)Nc1ccc(F)cc1. The zero-order valence-corrected chi connectivity index (χ0v) is 14.6. The highest BCUT2D eigenvalue weighted by Gasteiger charge is 2.27. The summed E-state index contributed by atoms with van der Waals surface area (Å²) in [5, 5.41) is 2.73. The van der Waals surface area contributed by atoms with Gasteiger partial charge in [-0.2, -0.15) is 0 Å². The highest BCUT2D eigenvalue weighted by molar-refractivity contribution is 5.92. The number of benzene rings is 1. The number of hydrogen-bond acceptors (Lipinski definition) is 4. The molecule has 2 aliphatic heterocycles. The van der Waals surface area contributed by atoms with Crippen molar-refractivity contribution in [3.05, 3.63) is 30.1 Å². The molecule has 1 aromatic rings. The van der Waals surface area contributed by atoms with Crippen LogP contribution in [0.25, 0.3) is 0 Å². The number of carbonyl (C=O) groups excluding carboxylic acids is 3. The maximum atomic E-state index is 12.9. The second kappa shape index (κ2) is 8.27. The first-order chi connectivity index (χ1) is 12.5. The summed E-state index contributed by atoms with van der Waals surface area (Å²) >= 11 is 0. The number of rotatable bonds is 5. The minimum absolute atomic E-state index is 0.0318. The van der Waals surface area contributed by atoms with Gasteiger partial charge in [-0.3, -0.25) is 19.3 Å². The Morgan fingerprint density at radius 2 is 1.69 bits per heavy atom. The van der Waals surface area contributed by atoms with Crippen LogP contribution in [0.3, 0.4) is 0 Å². The molecule has 0 bridgehead atoms. The van der Waals surface area contributed by atoms with E-state index < -0.39 is 0 Å². The fourth-order valence-corrected chi connectivity index (χ4v) is 3.23. The van der Waals surface area contributed by atoms with Gasteiger partial charge in [0.2, 0.25) is 17.7 Å². The van der Waals surface area contributed by atoms with Crippen molar-refractivity contribution in [3.8, 4) is 0 Å². The zero-order chi connectivity index (χ0) is 18.5. The Morgan fingerprint density at radius 1 is 1.00 bits per heavy atom. The van der Waals surface area contributed by atoms with E-state index in [0.29, 0.717) is 44.8 Å². The molecule has 0 aromatic heterocycles. The normalized spacial score (nSPS) is 18.3. The Labute approximate surface area is 151 Å². The van der Waals surface area contributed by atoms with E-state index >= 15 is 0 Å². The van der Waals surface area contributed by atoms with Gasteiger partial charge in [0, 0.05) is 44.8 Å². The molecule has 1 aromatic carbocycles. The van der Waals surface area contributed by atoms with Gasteiger partial charge in [0.25, 0.3) is 0 Å². The molecular formula is C18H23FN4O3. The van der Waals surface area contributed by atoms with E-state index in [1.807, 2.05) is 4.90 Å². The van der Waals surface area contributed by atoms with Gasteiger partial charge in [-0.25, -0.2) is 4.39 Å². The lowest BCUT2D eigenvalue weighted by atomic mass is 10.3. The van der Waals surface area contributed by atoms with E-state index in [2.05, 4.69) is 5.32 Å². The summed E-state index contributed by atoms with van der Waals surface area (Å²) in [7, 11) is 0. The van der Waals surface area contributed by atoms with Gasteiger partial charge in [-0.15, -0.1) is 0 Å². The van der Waals surface area contributed by atoms with Crippen LogP contribution in [0.15, 0.2) is 24.3 Å². The number of likely N-dealkylation sites (tertiary alicyclic amines) is 1. The highest BCUT2D eigenvalue weighted by atomic mass is 19.1. The van der Waals surface area contributed by atoms with Crippen LogP contribution < -0.4 is 5.32 Å². The van der Waals surface area contributed by atoms with Crippen molar-refractivity contribution in [2.24, 2.45) is 0 Å². The first-order valence-corrected chi connectivity index (χ1v) is 8.84. The maximum Gasteiger partial charge on any atom is 0.242 e. The third kappa shape index (κ3) is 4.78. The van der Waals surface area contributed by atoms with Crippen molar-refractivity contribution in [1.29, 1.82) is 0 Å². The Balaban J connectivity index is 1.40. The molecule has 140 valence electrons. The summed E-state index contributed by atoms with van der Waals surface area (Å²) in [4.78, 5) is 41.3. The van der Waals surface area contributed by atoms with E-state index in [1.165, 1.54) is 24.3 Å². The molecule has 0 unspecified atom stereocenters. The Kier molecular flexibility index (Phi) is 5.82. The summed E-state index contributed by atoms with van der Waals surface area (Å²) in [6, 6.07) is 5.63. The van der Waals surface area contributed by atoms with Gasteiger partial charge in [-0.1, -0.05) is 0 Å². The lowest BCUT2D eigenvalue weighted by molar-refractivity contribution is -0.139. The van der Waals surface area contributed by atoms with E-state index in [0.717, 1.165) is 6.42 Å². The molecule has 1 N–H and O–H groups in total. The quantitative estimate of drug-likeness (QED) is 0.829. The first-order valence-electron chi connectivity index (χ1n) is 8.84. The van der Waals surface area contributed by atoms with Gasteiger partial charge in [0.05, 0.1) is 13.1 Å². The third-order valence-corrected chi connectivity index (χ3v) is 4.72. The molecule has 3 amide bonds. The molecule has 0 atom stereocenters. The largest absolute Gasteiger partial charge is 0.339 e. The Hall–Kier alpha value is -2.48. The van der Waals surface area contributed by atoms with Gasteiger partial charge < -0.3 is 15.1 Å². The molecule has 0 radical (unpaired) electrons. The number of carbonyl (C=O) groups is 3. The summed E-state index contributed by atoms with van der Waals surface area (Å²) in [5.74, 6) is -0.497. The standard InChI is InChI=1S/C18H23FN4O3/c19-14-3-5-15(6-4-14)20-16(24)12-21-8-10-22(11-9-21)18(26)13-23-7-1-2-17(23)25/h3-6H,1-2,7-13H2,(H,20,24). The van der Waals surface area contributed by atoms with Crippen molar-refractivity contribution in [2.45, 2.75) is 12.8 Å². The smallest absolute Gasteiger partial charge is 0.242 e. The van der Waals surface area contributed by atoms with Crippen LogP contribution in [-0.2, 0) is 14.4 Å². The first kappa shape index (κ1) is 18.3. The lowest BCUT2D eigenvalue weighted by Crippen LogP contribution is -2.52. The van der Waals surface area contributed by atoms with E-state index in [9.17, 15) is 18.8 Å². The van der Waals surface area contributed by atoms with Crippen LogP contribution in [-0.4, -0.2) is 78.2 Å². The van der Waals surface area contributed by atoms with Crippen LogP contribution in [0.1, 0.15) is 12.8 Å². The molecule has 2 aliphatic rings. The van der Waals surface area contributed by atoms with Crippen molar-refractivity contribution in [2.75, 3.05) is 51.1 Å². The molecule has 3 rings (SSSR count). The molecule has 2 fully saturated rings. The Bertz CT molecular complexity index is 672. The lowest BCUT2D eigenvalue weighted by Gasteiger charge is -2.35. The van der Waals surface area contributed by atoms with E-state index in [-0.39, 0.29) is 36.6 Å². The zero-order valence-electron chi connectivity index (χ0n) is 14.6. The van der Waals surface area contributed by atoms with Gasteiger partial charge >= 0.3 is 0 Å². The molecular weight excluding hydrogens is 339 g/mol. The number of nitrogens with zero attached hydrogens (tertiary/aromatic N) is 3. The molecule has 8 heteroatoms. The van der Waals surface area contributed by atoms with Crippen LogP contribution in [0, 0.1) is 5.82 Å². The maximum absolute atomic E-state index is 12.9. The summed E-state index contributed by atoms with van der Waals surface area (Å²) < 4.78 is 12.9. The average molecular weight is 362 g/mol. The van der Waals surface area contributed by atoms with E-state index in [4.69, 9.17) is 0 Å². The summed E-state index contributed by atoms with van der Waals surface area (Å²) in [6.07, 6.45) is 1.35. The minimum Gasteiger partial charge on any atom is -0.339 e. The molecule has 0 aliphatic carbocycles. The molecule has 26 heavy (non-hydrogen) atoms. The van der Waals surface area contributed by atoms with Gasteiger partial charge in [0.15, 0.2) is 0 Å². The summed E-state index contributed by atoms with van der Waals surface area (Å²) in [5.41, 5.74) is 0.556. The predicted molar refractivity (Wildman–Crippen MR) is 93.9 cm³/mol. The minimum atomic E-state index is -0.348. The Morgan fingerprint density at radius 3 is 2.31 bits per heavy atom. The molecule has 2 saturated heterocycles. The monoisotopic (exact) mass is 362 g/mol. The molecule has 2 heterocycles. The van der Waals surface area contributed by atoms with Crippen LogP contribution in [0.5, 0.6) is 0 Å². The van der Waals surface area contributed by atoms with Crippen molar-refractivity contribution >= 4 is 23.4 Å². The average Bonchev–Trinajstić information content (AvgIpc) is 3.02. The summed E-state index contributed by atoms with van der Waals surface area (Å²) in [6.45, 7) is 3.35. The third-order valence-electron chi connectivity index (χ3n) is 4.72. The van der Waals surface area contributed by atoms with Crippen molar-refractivity contribution < 1.29 is 18.8 Å². The molecule has 7 nitrogen and oxygen atoms in total. The molecule has 0 saturated carbocycles. The van der Waals surface area contributed by atoms with Crippen LogP contribution >= 0.6 is 0 Å². The fourth-order valence-electron chi connectivity index (χ4n) is 3.23. The van der Waals surface area contributed by atoms with Crippen LogP contribution in [0.4, 0.5) is 10.1 Å². The predicted octanol–water partition coefficient (Wildman–Crippen LogP) is 0.531. The second-order valence-corrected chi connectivity index (χ2v) is 6.63. The number of hydrogen-bond donors (Lipinski definition) is 1. The number of anilines is 1. The highest BCUT2D eigenvalue weighted by Crippen LogP contribution is 2.11. The molecule has 0 spiro atoms. The fraction of sp³-hybridized carbons (Fsp3) is 0.500. The number of nitrogens with one attached hydrogen (secondary N) is 1. The van der Waals surface area contributed by atoms with Crippen molar-refractivity contribution in [3.63, 3.8) is 0 Å². The van der Waals surface area contributed by atoms with E-state index in [1.54, 1.807) is 9.80 Å². The number of piperazine rings is 1. The second-order valence-electron chi connectivity index (χ2n) is 6.63. The van der Waals surface area contributed by atoms with Crippen LogP contribution in [0.2, 0.25) is 0 Å². The van der Waals surface area contributed by atoms with Gasteiger partial charge in [-0.05, 0) is 30.7 Å². The van der Waals surface area contributed by atoms with Crippen molar-refractivity contribution in [1.82, 2.24) is 14.7 Å².